The standard InChI is InChI=1S/C8H18O4/c1-5(2)3-6(10)8(12)7(11)4-9/h5-12H,3-4H2,1-2H3/t6-,7+,8-/m0/s1. The van der Waals surface area contributed by atoms with Gasteiger partial charge in [-0.3, -0.25) is 0 Å². The van der Waals surface area contributed by atoms with Gasteiger partial charge in [0.25, 0.3) is 0 Å². The average Bonchev–Trinajstić information content (AvgIpc) is 2.00. The van der Waals surface area contributed by atoms with Gasteiger partial charge in [-0.2, -0.15) is 0 Å². The fraction of sp³-hybridized carbons (Fsp3) is 1.00. The van der Waals surface area contributed by atoms with Crippen LogP contribution in [0.5, 0.6) is 0 Å². The van der Waals surface area contributed by atoms with Crippen molar-refractivity contribution in [1.29, 1.82) is 0 Å². The molecule has 3 atom stereocenters. The van der Waals surface area contributed by atoms with E-state index in [1.54, 1.807) is 0 Å². The smallest absolute Gasteiger partial charge is 0.108 e. The number of aliphatic hydroxyl groups excluding tert-OH is 4. The first-order valence-corrected chi connectivity index (χ1v) is 4.14. The molecular formula is C8H18O4. The third kappa shape index (κ3) is 4.01. The summed E-state index contributed by atoms with van der Waals surface area (Å²) in [7, 11) is 0. The van der Waals surface area contributed by atoms with Crippen molar-refractivity contribution in [3.63, 3.8) is 0 Å². The highest BCUT2D eigenvalue weighted by Crippen LogP contribution is 2.10. The quantitative estimate of drug-likeness (QED) is 0.440. The van der Waals surface area contributed by atoms with Gasteiger partial charge in [-0.05, 0) is 12.3 Å². The van der Waals surface area contributed by atoms with Crippen molar-refractivity contribution in [3.8, 4) is 0 Å². The second-order valence-electron chi connectivity index (χ2n) is 3.44. The summed E-state index contributed by atoms with van der Waals surface area (Å²) in [5.41, 5.74) is 0. The van der Waals surface area contributed by atoms with Crippen LogP contribution in [0.25, 0.3) is 0 Å². The Labute approximate surface area is 72.5 Å². The van der Waals surface area contributed by atoms with Crippen LogP contribution in [-0.2, 0) is 0 Å². The van der Waals surface area contributed by atoms with Crippen LogP contribution in [0.15, 0.2) is 0 Å². The van der Waals surface area contributed by atoms with E-state index in [0.717, 1.165) is 0 Å². The molecule has 0 aliphatic rings. The highest BCUT2D eigenvalue weighted by molar-refractivity contribution is 4.75. The van der Waals surface area contributed by atoms with Crippen molar-refractivity contribution in [1.82, 2.24) is 0 Å². The Morgan fingerprint density at radius 3 is 1.83 bits per heavy atom. The molecule has 0 aromatic carbocycles. The molecule has 0 aromatic heterocycles. The Bertz CT molecular complexity index is 116. The minimum atomic E-state index is -1.25. The van der Waals surface area contributed by atoms with Crippen LogP contribution in [0.3, 0.4) is 0 Å². The minimum Gasteiger partial charge on any atom is -0.394 e. The fourth-order valence-corrected chi connectivity index (χ4v) is 0.987. The SMILES string of the molecule is CC(C)C[C@H](O)[C@H](O)[C@H](O)CO. The third-order valence-corrected chi connectivity index (χ3v) is 1.69. The molecule has 0 heterocycles. The van der Waals surface area contributed by atoms with Crippen molar-refractivity contribution in [2.75, 3.05) is 6.61 Å². The Kier molecular flexibility index (Phi) is 5.41. The van der Waals surface area contributed by atoms with Gasteiger partial charge in [0.15, 0.2) is 0 Å². The minimum absolute atomic E-state index is 0.251. The molecule has 4 N–H and O–H groups in total. The van der Waals surface area contributed by atoms with E-state index in [9.17, 15) is 10.2 Å². The monoisotopic (exact) mass is 178 g/mol. The van der Waals surface area contributed by atoms with Gasteiger partial charge in [-0.1, -0.05) is 13.8 Å². The first kappa shape index (κ1) is 11.8. The molecule has 4 nitrogen and oxygen atoms in total. The maximum absolute atomic E-state index is 9.27. The first-order chi connectivity index (χ1) is 5.49. The van der Waals surface area contributed by atoms with Gasteiger partial charge in [-0.15, -0.1) is 0 Å². The number of hydrogen-bond donors (Lipinski definition) is 4. The molecule has 0 spiro atoms. The van der Waals surface area contributed by atoms with Gasteiger partial charge in [0.05, 0.1) is 12.7 Å². The van der Waals surface area contributed by atoms with E-state index in [4.69, 9.17) is 10.2 Å². The maximum Gasteiger partial charge on any atom is 0.108 e. The molecule has 12 heavy (non-hydrogen) atoms. The predicted molar refractivity (Wildman–Crippen MR) is 44.6 cm³/mol. The van der Waals surface area contributed by atoms with Gasteiger partial charge in [0, 0.05) is 0 Å². The van der Waals surface area contributed by atoms with Crippen molar-refractivity contribution >= 4 is 0 Å². The Morgan fingerprint density at radius 1 is 1.00 bits per heavy atom. The Hall–Kier alpha value is -0.160. The van der Waals surface area contributed by atoms with Crippen molar-refractivity contribution in [2.45, 2.75) is 38.6 Å². The van der Waals surface area contributed by atoms with Crippen molar-refractivity contribution in [2.24, 2.45) is 5.92 Å². The lowest BCUT2D eigenvalue weighted by atomic mass is 9.99. The molecule has 0 amide bonds. The van der Waals surface area contributed by atoms with Crippen LogP contribution >= 0.6 is 0 Å². The van der Waals surface area contributed by atoms with Crippen LogP contribution in [0.4, 0.5) is 0 Å². The summed E-state index contributed by atoms with van der Waals surface area (Å²) in [6, 6.07) is 0. The lowest BCUT2D eigenvalue weighted by Gasteiger charge is -2.22. The summed E-state index contributed by atoms with van der Waals surface area (Å²) in [5, 5.41) is 35.9. The zero-order chi connectivity index (χ0) is 9.72. The molecule has 0 fully saturated rings. The van der Waals surface area contributed by atoms with Crippen LogP contribution in [0, 0.1) is 5.92 Å². The van der Waals surface area contributed by atoms with Crippen LogP contribution in [-0.4, -0.2) is 45.3 Å². The molecule has 0 saturated carbocycles. The maximum atomic E-state index is 9.27. The molecule has 4 heteroatoms. The highest BCUT2D eigenvalue weighted by Gasteiger charge is 2.24. The largest absolute Gasteiger partial charge is 0.394 e. The summed E-state index contributed by atoms with van der Waals surface area (Å²) in [4.78, 5) is 0. The van der Waals surface area contributed by atoms with E-state index in [-0.39, 0.29) is 5.92 Å². The van der Waals surface area contributed by atoms with E-state index in [2.05, 4.69) is 0 Å². The van der Waals surface area contributed by atoms with Gasteiger partial charge < -0.3 is 20.4 Å². The molecule has 0 aromatic rings. The van der Waals surface area contributed by atoms with Crippen LogP contribution < -0.4 is 0 Å². The molecule has 0 rings (SSSR count). The summed E-state index contributed by atoms with van der Waals surface area (Å²) >= 11 is 0. The first-order valence-electron chi connectivity index (χ1n) is 4.14. The summed E-state index contributed by atoms with van der Waals surface area (Å²) in [6.45, 7) is 3.28. The number of aliphatic hydroxyl groups is 4. The number of rotatable bonds is 5. The van der Waals surface area contributed by atoms with E-state index in [0.29, 0.717) is 6.42 Å². The lowest BCUT2D eigenvalue weighted by molar-refractivity contribution is -0.0812. The second-order valence-corrected chi connectivity index (χ2v) is 3.44. The molecule has 0 aliphatic carbocycles. The van der Waals surface area contributed by atoms with Crippen LogP contribution in [0.2, 0.25) is 0 Å². The van der Waals surface area contributed by atoms with E-state index >= 15 is 0 Å². The highest BCUT2D eigenvalue weighted by atomic mass is 16.4. The Balaban J connectivity index is 3.83. The molecule has 0 radical (unpaired) electrons. The number of hydrogen-bond acceptors (Lipinski definition) is 4. The average molecular weight is 178 g/mol. The second kappa shape index (κ2) is 5.48. The van der Waals surface area contributed by atoms with E-state index in [1.165, 1.54) is 0 Å². The van der Waals surface area contributed by atoms with Gasteiger partial charge >= 0.3 is 0 Å². The zero-order valence-electron chi connectivity index (χ0n) is 7.51. The van der Waals surface area contributed by atoms with Crippen molar-refractivity contribution in [3.05, 3.63) is 0 Å². The van der Waals surface area contributed by atoms with Crippen molar-refractivity contribution < 1.29 is 20.4 Å². The molecule has 0 bridgehead atoms. The normalized spacial score (nSPS) is 19.2. The topological polar surface area (TPSA) is 80.9 Å². The molecule has 0 unspecified atom stereocenters. The fourth-order valence-electron chi connectivity index (χ4n) is 0.987. The van der Waals surface area contributed by atoms with E-state index < -0.39 is 24.9 Å². The zero-order valence-corrected chi connectivity index (χ0v) is 7.51. The molecule has 0 saturated heterocycles. The van der Waals surface area contributed by atoms with Gasteiger partial charge in [-0.25, -0.2) is 0 Å². The predicted octanol–water partition coefficient (Wildman–Crippen LogP) is -0.893. The summed E-state index contributed by atoms with van der Waals surface area (Å²) < 4.78 is 0. The summed E-state index contributed by atoms with van der Waals surface area (Å²) in [6.07, 6.45) is -3.05. The molecular weight excluding hydrogens is 160 g/mol. The van der Waals surface area contributed by atoms with Gasteiger partial charge in [0.2, 0.25) is 0 Å². The van der Waals surface area contributed by atoms with E-state index in [1.807, 2.05) is 13.8 Å². The lowest BCUT2D eigenvalue weighted by Crippen LogP contribution is -2.40. The third-order valence-electron chi connectivity index (χ3n) is 1.69. The Morgan fingerprint density at radius 2 is 1.50 bits per heavy atom. The van der Waals surface area contributed by atoms with Crippen LogP contribution in [0.1, 0.15) is 20.3 Å². The summed E-state index contributed by atoms with van der Waals surface area (Å²) in [5.74, 6) is 0.251. The molecule has 74 valence electrons. The molecule has 0 aliphatic heterocycles. The van der Waals surface area contributed by atoms with Gasteiger partial charge in [0.1, 0.15) is 12.2 Å².